The molecule has 0 saturated carbocycles. The van der Waals surface area contributed by atoms with Crippen LogP contribution in [0.25, 0.3) is 11.1 Å². The summed E-state index contributed by atoms with van der Waals surface area (Å²) in [6.07, 6.45) is 16.0. The first kappa shape index (κ1) is 25.8. The fourth-order valence-electron chi connectivity index (χ4n) is 3.46. The highest BCUT2D eigenvalue weighted by atomic mass is 31.1. The molecule has 0 aliphatic carbocycles. The SMILES string of the molecule is CCCCCCCCCPCC(C)CCC.Fc1ccccc1-c1ccccc1. The van der Waals surface area contributed by atoms with Crippen molar-refractivity contribution in [1.82, 2.24) is 0 Å². The molecule has 2 aromatic carbocycles. The van der Waals surface area contributed by atoms with E-state index in [9.17, 15) is 4.39 Å². The Kier molecular flexibility index (Phi) is 15.7. The van der Waals surface area contributed by atoms with Crippen LogP contribution in [0.1, 0.15) is 78.6 Å². The van der Waals surface area contributed by atoms with Crippen LogP contribution in [0.5, 0.6) is 0 Å². The molecular formula is C27H42FP. The van der Waals surface area contributed by atoms with Gasteiger partial charge in [-0.05, 0) is 36.3 Å². The Balaban J connectivity index is 0.000000294. The largest absolute Gasteiger partial charge is 0.206 e. The number of halogens is 1. The van der Waals surface area contributed by atoms with Crippen LogP contribution in [0, 0.1) is 11.7 Å². The molecule has 2 atom stereocenters. The first-order valence-electron chi connectivity index (χ1n) is 11.7. The van der Waals surface area contributed by atoms with E-state index in [-0.39, 0.29) is 5.82 Å². The van der Waals surface area contributed by atoms with E-state index in [2.05, 4.69) is 20.8 Å². The Morgan fingerprint density at radius 2 is 1.38 bits per heavy atom. The van der Waals surface area contributed by atoms with Crippen molar-refractivity contribution in [3.63, 3.8) is 0 Å². The highest BCUT2D eigenvalue weighted by molar-refractivity contribution is 7.37. The molecule has 0 nitrogen and oxygen atoms in total. The molecule has 2 rings (SSSR count). The lowest BCUT2D eigenvalue weighted by Crippen LogP contribution is -1.96. The maximum absolute atomic E-state index is 13.3. The van der Waals surface area contributed by atoms with E-state index in [0.29, 0.717) is 5.56 Å². The highest BCUT2D eigenvalue weighted by Gasteiger charge is 2.01. The molecule has 0 aromatic heterocycles. The molecule has 0 radical (unpaired) electrons. The lowest BCUT2D eigenvalue weighted by molar-refractivity contribution is 0.581. The van der Waals surface area contributed by atoms with Crippen LogP contribution in [0.3, 0.4) is 0 Å². The quantitative estimate of drug-likeness (QED) is 0.225. The van der Waals surface area contributed by atoms with Crippen LogP contribution in [0.15, 0.2) is 54.6 Å². The zero-order chi connectivity index (χ0) is 21.2. The van der Waals surface area contributed by atoms with E-state index in [4.69, 9.17) is 0 Å². The van der Waals surface area contributed by atoms with E-state index >= 15 is 0 Å². The zero-order valence-electron chi connectivity index (χ0n) is 18.9. The predicted molar refractivity (Wildman–Crippen MR) is 132 cm³/mol. The summed E-state index contributed by atoms with van der Waals surface area (Å²) in [6.45, 7) is 7.01. The molecular weight excluding hydrogens is 374 g/mol. The third kappa shape index (κ3) is 12.9. The highest BCUT2D eigenvalue weighted by Crippen LogP contribution is 2.22. The normalized spacial score (nSPS) is 12.0. The second kappa shape index (κ2) is 17.6. The number of hydrogen-bond acceptors (Lipinski definition) is 0. The van der Waals surface area contributed by atoms with Crippen molar-refractivity contribution in [2.75, 3.05) is 12.3 Å². The van der Waals surface area contributed by atoms with Crippen LogP contribution in [-0.2, 0) is 0 Å². The molecule has 162 valence electrons. The van der Waals surface area contributed by atoms with Gasteiger partial charge in [0.1, 0.15) is 5.82 Å². The summed E-state index contributed by atoms with van der Waals surface area (Å²) in [6, 6.07) is 16.3. The van der Waals surface area contributed by atoms with E-state index in [1.165, 1.54) is 84.8 Å². The third-order valence-electron chi connectivity index (χ3n) is 5.19. The Labute approximate surface area is 181 Å². The second-order valence-electron chi connectivity index (χ2n) is 8.07. The molecule has 0 saturated heterocycles. The first-order valence-corrected chi connectivity index (χ1v) is 13.1. The fourth-order valence-corrected chi connectivity index (χ4v) is 4.86. The molecule has 0 fully saturated rings. The lowest BCUT2D eigenvalue weighted by Gasteiger charge is -2.09. The van der Waals surface area contributed by atoms with Crippen molar-refractivity contribution >= 4 is 8.58 Å². The summed E-state index contributed by atoms with van der Waals surface area (Å²) >= 11 is 0. The summed E-state index contributed by atoms with van der Waals surface area (Å²) in [7, 11) is 1.23. The smallest absolute Gasteiger partial charge is 0.131 e. The van der Waals surface area contributed by atoms with Gasteiger partial charge in [-0.1, -0.05) is 121 Å². The Morgan fingerprint density at radius 1 is 0.759 bits per heavy atom. The maximum atomic E-state index is 13.3. The van der Waals surface area contributed by atoms with E-state index in [0.717, 1.165) is 11.5 Å². The number of hydrogen-bond donors (Lipinski definition) is 0. The number of unbranched alkanes of at least 4 members (excludes halogenated alkanes) is 6. The average Bonchev–Trinajstić information content (AvgIpc) is 2.74. The van der Waals surface area contributed by atoms with Gasteiger partial charge in [0.25, 0.3) is 0 Å². The molecule has 29 heavy (non-hydrogen) atoms. The van der Waals surface area contributed by atoms with E-state index in [1.807, 2.05) is 36.4 Å². The molecule has 0 amide bonds. The number of rotatable bonds is 13. The van der Waals surface area contributed by atoms with Gasteiger partial charge in [0.2, 0.25) is 0 Å². The number of benzene rings is 2. The molecule has 0 aliphatic rings. The molecule has 0 aliphatic heterocycles. The second-order valence-corrected chi connectivity index (χ2v) is 9.47. The van der Waals surface area contributed by atoms with Gasteiger partial charge in [-0.15, -0.1) is 8.58 Å². The van der Waals surface area contributed by atoms with Gasteiger partial charge in [0, 0.05) is 5.56 Å². The minimum absolute atomic E-state index is 0.172. The van der Waals surface area contributed by atoms with Crippen molar-refractivity contribution in [2.24, 2.45) is 5.92 Å². The summed E-state index contributed by atoms with van der Waals surface area (Å²) in [4.78, 5) is 0. The molecule has 2 unspecified atom stereocenters. The minimum Gasteiger partial charge on any atom is -0.206 e. The van der Waals surface area contributed by atoms with Gasteiger partial charge in [-0.2, -0.15) is 0 Å². The summed E-state index contributed by atoms with van der Waals surface area (Å²) in [5.74, 6) is 0.807. The topological polar surface area (TPSA) is 0 Å². The van der Waals surface area contributed by atoms with Gasteiger partial charge in [0.15, 0.2) is 0 Å². The summed E-state index contributed by atoms with van der Waals surface area (Å²) in [5.41, 5.74) is 1.57. The minimum atomic E-state index is -0.172. The summed E-state index contributed by atoms with van der Waals surface area (Å²) < 4.78 is 13.3. The lowest BCUT2D eigenvalue weighted by atomic mass is 10.1. The van der Waals surface area contributed by atoms with Gasteiger partial charge < -0.3 is 0 Å². The fraction of sp³-hybridized carbons (Fsp3) is 0.556. The van der Waals surface area contributed by atoms with Crippen molar-refractivity contribution < 1.29 is 4.39 Å². The van der Waals surface area contributed by atoms with Gasteiger partial charge >= 0.3 is 0 Å². The molecule has 0 spiro atoms. The van der Waals surface area contributed by atoms with Crippen molar-refractivity contribution in [3.8, 4) is 11.1 Å². The van der Waals surface area contributed by atoms with Crippen LogP contribution in [0.2, 0.25) is 0 Å². The molecule has 2 heteroatoms. The van der Waals surface area contributed by atoms with E-state index in [1.54, 1.807) is 12.1 Å². The monoisotopic (exact) mass is 416 g/mol. The van der Waals surface area contributed by atoms with Gasteiger partial charge in [-0.3, -0.25) is 0 Å². The van der Waals surface area contributed by atoms with Gasteiger partial charge in [-0.25, -0.2) is 4.39 Å². The van der Waals surface area contributed by atoms with Crippen molar-refractivity contribution in [1.29, 1.82) is 0 Å². The predicted octanol–water partition coefficient (Wildman–Crippen LogP) is 9.34. The summed E-state index contributed by atoms with van der Waals surface area (Å²) in [5, 5.41) is 0. The maximum Gasteiger partial charge on any atom is 0.131 e. The zero-order valence-corrected chi connectivity index (χ0v) is 19.9. The van der Waals surface area contributed by atoms with E-state index < -0.39 is 0 Å². The molecule has 0 heterocycles. The average molecular weight is 417 g/mol. The Morgan fingerprint density at radius 3 is 2.03 bits per heavy atom. The van der Waals surface area contributed by atoms with Gasteiger partial charge in [0.05, 0.1) is 0 Å². The van der Waals surface area contributed by atoms with Crippen molar-refractivity contribution in [3.05, 3.63) is 60.4 Å². The Bertz CT molecular complexity index is 611. The standard InChI is InChI=1S/C15H33P.C12H9F/c1-4-6-7-8-9-10-11-13-16-14-15(3)12-5-2;13-12-9-5-4-8-11(12)10-6-2-1-3-7-10/h15-16H,4-14H2,1-3H3;1-9H. The molecule has 0 N–H and O–H groups in total. The first-order chi connectivity index (χ1) is 14.2. The van der Waals surface area contributed by atoms with Crippen molar-refractivity contribution in [2.45, 2.75) is 78.6 Å². The third-order valence-corrected chi connectivity index (χ3v) is 6.88. The Hall–Kier alpha value is -1.20. The van der Waals surface area contributed by atoms with Crippen LogP contribution >= 0.6 is 8.58 Å². The van der Waals surface area contributed by atoms with Crippen LogP contribution in [0.4, 0.5) is 4.39 Å². The van der Waals surface area contributed by atoms with Crippen LogP contribution < -0.4 is 0 Å². The molecule has 2 aromatic rings. The molecule has 0 bridgehead atoms. The van der Waals surface area contributed by atoms with Crippen LogP contribution in [-0.4, -0.2) is 12.3 Å².